The Morgan fingerprint density at radius 2 is 2.00 bits per heavy atom. The minimum Gasteiger partial charge on any atom is -0.345 e. The van der Waals surface area contributed by atoms with Crippen LogP contribution in [0.4, 0.5) is 5.95 Å². The van der Waals surface area contributed by atoms with E-state index in [0.29, 0.717) is 5.95 Å². The van der Waals surface area contributed by atoms with E-state index in [1.807, 2.05) is 4.90 Å². The van der Waals surface area contributed by atoms with E-state index >= 15 is 0 Å². The van der Waals surface area contributed by atoms with Crippen molar-refractivity contribution >= 4 is 27.8 Å². The fourth-order valence-corrected chi connectivity index (χ4v) is 1.84. The van der Waals surface area contributed by atoms with Gasteiger partial charge in [0.05, 0.1) is 11.0 Å². The summed E-state index contributed by atoms with van der Waals surface area (Å²) in [5.74, 6) is 0.597. The van der Waals surface area contributed by atoms with Crippen LogP contribution < -0.4 is 5.32 Å². The Hall–Kier alpha value is -1.17. The van der Waals surface area contributed by atoms with Crippen LogP contribution in [0.2, 0.25) is 0 Å². The van der Waals surface area contributed by atoms with E-state index in [1.165, 1.54) is 0 Å². The standard InChI is InChI=1S/C10H13BrN4O/c11-8-5-12-10(13-6-8)14-7-9(16)15-3-1-2-4-15/h5-6H,1-4,7H2,(H,12,13,14). The summed E-state index contributed by atoms with van der Waals surface area (Å²) in [5, 5.41) is 2.91. The molecular formula is C10H13BrN4O. The summed E-state index contributed by atoms with van der Waals surface area (Å²) < 4.78 is 0.823. The number of anilines is 1. The number of carbonyl (C=O) groups is 1. The van der Waals surface area contributed by atoms with Gasteiger partial charge in [-0.1, -0.05) is 0 Å². The van der Waals surface area contributed by atoms with E-state index in [4.69, 9.17) is 0 Å². The molecule has 0 aliphatic carbocycles. The van der Waals surface area contributed by atoms with Crippen LogP contribution >= 0.6 is 15.9 Å². The zero-order chi connectivity index (χ0) is 11.4. The monoisotopic (exact) mass is 284 g/mol. The molecule has 0 atom stereocenters. The lowest BCUT2D eigenvalue weighted by Crippen LogP contribution is -2.33. The molecule has 1 aromatic heterocycles. The fraction of sp³-hybridized carbons (Fsp3) is 0.500. The number of hydrogen-bond acceptors (Lipinski definition) is 4. The topological polar surface area (TPSA) is 58.1 Å². The molecule has 16 heavy (non-hydrogen) atoms. The molecule has 0 bridgehead atoms. The molecule has 1 N–H and O–H groups in total. The van der Waals surface area contributed by atoms with Gasteiger partial charge in [-0.25, -0.2) is 9.97 Å². The number of nitrogens with one attached hydrogen (secondary N) is 1. The Labute approximate surface area is 102 Å². The highest BCUT2D eigenvalue weighted by atomic mass is 79.9. The van der Waals surface area contributed by atoms with Crippen molar-refractivity contribution in [1.29, 1.82) is 0 Å². The third-order valence-electron chi connectivity index (χ3n) is 2.48. The Morgan fingerprint density at radius 1 is 1.38 bits per heavy atom. The molecular weight excluding hydrogens is 272 g/mol. The quantitative estimate of drug-likeness (QED) is 0.908. The molecule has 1 amide bonds. The molecule has 1 aliphatic rings. The van der Waals surface area contributed by atoms with Crippen molar-refractivity contribution < 1.29 is 4.79 Å². The van der Waals surface area contributed by atoms with Crippen molar-refractivity contribution in [3.63, 3.8) is 0 Å². The first-order chi connectivity index (χ1) is 7.75. The zero-order valence-corrected chi connectivity index (χ0v) is 10.4. The summed E-state index contributed by atoms with van der Waals surface area (Å²) in [6.07, 6.45) is 5.52. The Kier molecular flexibility index (Phi) is 3.71. The van der Waals surface area contributed by atoms with Crippen LogP contribution in [0.3, 0.4) is 0 Å². The smallest absolute Gasteiger partial charge is 0.241 e. The molecule has 1 saturated heterocycles. The third-order valence-corrected chi connectivity index (χ3v) is 2.89. The minimum absolute atomic E-state index is 0.115. The molecule has 1 aromatic rings. The Balaban J connectivity index is 1.82. The molecule has 0 radical (unpaired) electrons. The summed E-state index contributed by atoms with van der Waals surface area (Å²) in [4.78, 5) is 21.6. The third kappa shape index (κ3) is 2.91. The number of nitrogens with zero attached hydrogens (tertiary/aromatic N) is 3. The number of likely N-dealkylation sites (tertiary alicyclic amines) is 1. The van der Waals surface area contributed by atoms with Gasteiger partial charge in [0.25, 0.3) is 0 Å². The molecule has 0 unspecified atom stereocenters. The van der Waals surface area contributed by atoms with E-state index in [9.17, 15) is 4.79 Å². The van der Waals surface area contributed by atoms with Crippen LogP contribution in [0.15, 0.2) is 16.9 Å². The van der Waals surface area contributed by atoms with Crippen molar-refractivity contribution in [1.82, 2.24) is 14.9 Å². The van der Waals surface area contributed by atoms with Crippen LogP contribution in [0, 0.1) is 0 Å². The van der Waals surface area contributed by atoms with Crippen LogP contribution in [-0.2, 0) is 4.79 Å². The lowest BCUT2D eigenvalue weighted by molar-refractivity contribution is -0.128. The normalized spacial score (nSPS) is 15.2. The number of aromatic nitrogens is 2. The Bertz CT molecular complexity index is 362. The van der Waals surface area contributed by atoms with Gasteiger partial charge < -0.3 is 10.2 Å². The predicted octanol–water partition coefficient (Wildman–Crippen LogP) is 1.27. The molecule has 6 heteroatoms. The van der Waals surface area contributed by atoms with Gasteiger partial charge in [0, 0.05) is 25.5 Å². The first kappa shape index (κ1) is 11.3. The second-order valence-corrected chi connectivity index (χ2v) is 4.58. The fourth-order valence-electron chi connectivity index (χ4n) is 1.64. The number of hydrogen-bond donors (Lipinski definition) is 1. The SMILES string of the molecule is O=C(CNc1ncc(Br)cn1)N1CCCC1. The lowest BCUT2D eigenvalue weighted by Gasteiger charge is -2.15. The maximum Gasteiger partial charge on any atom is 0.241 e. The van der Waals surface area contributed by atoms with E-state index < -0.39 is 0 Å². The predicted molar refractivity (Wildman–Crippen MR) is 64.0 cm³/mol. The summed E-state index contributed by atoms with van der Waals surface area (Å²) in [6.45, 7) is 2.02. The lowest BCUT2D eigenvalue weighted by atomic mass is 10.4. The first-order valence-electron chi connectivity index (χ1n) is 5.25. The van der Waals surface area contributed by atoms with Gasteiger partial charge >= 0.3 is 0 Å². The molecule has 86 valence electrons. The van der Waals surface area contributed by atoms with Gasteiger partial charge in [0.2, 0.25) is 11.9 Å². The van der Waals surface area contributed by atoms with E-state index in [0.717, 1.165) is 30.4 Å². The van der Waals surface area contributed by atoms with Crippen molar-refractivity contribution in [2.24, 2.45) is 0 Å². The molecule has 1 aliphatic heterocycles. The number of amides is 1. The van der Waals surface area contributed by atoms with Gasteiger partial charge in [-0.3, -0.25) is 4.79 Å². The van der Waals surface area contributed by atoms with E-state index in [-0.39, 0.29) is 12.5 Å². The van der Waals surface area contributed by atoms with Crippen molar-refractivity contribution in [3.05, 3.63) is 16.9 Å². The van der Waals surface area contributed by atoms with Crippen LogP contribution in [-0.4, -0.2) is 40.4 Å². The minimum atomic E-state index is 0.115. The van der Waals surface area contributed by atoms with E-state index in [1.54, 1.807) is 12.4 Å². The second-order valence-electron chi connectivity index (χ2n) is 3.67. The number of halogens is 1. The summed E-state index contributed by atoms with van der Waals surface area (Å²) in [7, 11) is 0. The van der Waals surface area contributed by atoms with Gasteiger partial charge in [0.15, 0.2) is 0 Å². The largest absolute Gasteiger partial charge is 0.345 e. The highest BCUT2D eigenvalue weighted by Crippen LogP contribution is 2.09. The maximum absolute atomic E-state index is 11.7. The summed E-state index contributed by atoms with van der Waals surface area (Å²) >= 11 is 3.25. The Morgan fingerprint density at radius 3 is 2.62 bits per heavy atom. The second kappa shape index (κ2) is 5.25. The molecule has 1 fully saturated rings. The molecule has 0 spiro atoms. The van der Waals surface area contributed by atoms with Gasteiger partial charge in [-0.2, -0.15) is 0 Å². The molecule has 2 heterocycles. The number of rotatable bonds is 3. The molecule has 0 aromatic carbocycles. The highest BCUT2D eigenvalue weighted by Gasteiger charge is 2.17. The number of carbonyl (C=O) groups excluding carboxylic acids is 1. The van der Waals surface area contributed by atoms with Crippen molar-refractivity contribution in [2.45, 2.75) is 12.8 Å². The van der Waals surface area contributed by atoms with E-state index in [2.05, 4.69) is 31.2 Å². The average molecular weight is 285 g/mol. The zero-order valence-electron chi connectivity index (χ0n) is 8.82. The van der Waals surface area contributed by atoms with Crippen molar-refractivity contribution in [2.75, 3.05) is 25.0 Å². The summed E-state index contributed by atoms with van der Waals surface area (Å²) in [5.41, 5.74) is 0. The van der Waals surface area contributed by atoms with Gasteiger partial charge in [0.1, 0.15) is 0 Å². The van der Waals surface area contributed by atoms with Crippen LogP contribution in [0.1, 0.15) is 12.8 Å². The highest BCUT2D eigenvalue weighted by molar-refractivity contribution is 9.10. The first-order valence-corrected chi connectivity index (χ1v) is 6.04. The van der Waals surface area contributed by atoms with Crippen LogP contribution in [0.5, 0.6) is 0 Å². The molecule has 0 saturated carbocycles. The van der Waals surface area contributed by atoms with Crippen molar-refractivity contribution in [3.8, 4) is 0 Å². The van der Waals surface area contributed by atoms with Gasteiger partial charge in [-0.15, -0.1) is 0 Å². The molecule has 5 nitrogen and oxygen atoms in total. The van der Waals surface area contributed by atoms with Gasteiger partial charge in [-0.05, 0) is 28.8 Å². The summed E-state index contributed by atoms with van der Waals surface area (Å²) in [6, 6.07) is 0. The van der Waals surface area contributed by atoms with Crippen LogP contribution in [0.25, 0.3) is 0 Å². The maximum atomic E-state index is 11.7. The average Bonchev–Trinajstić information content (AvgIpc) is 2.81. The molecule has 2 rings (SSSR count).